The van der Waals surface area contributed by atoms with Crippen LogP contribution in [0.15, 0.2) is 36.4 Å². The molecule has 0 radical (unpaired) electrons. The maximum atomic E-state index is 14.8. The van der Waals surface area contributed by atoms with E-state index >= 15 is 0 Å². The van der Waals surface area contributed by atoms with Gasteiger partial charge >= 0.3 is 6.03 Å². The van der Waals surface area contributed by atoms with E-state index in [-0.39, 0.29) is 28.7 Å². The Balaban J connectivity index is 1.32. The van der Waals surface area contributed by atoms with Crippen molar-refractivity contribution >= 4 is 23.5 Å². The highest BCUT2D eigenvalue weighted by Gasteiger charge is 2.26. The number of rotatable bonds is 6. The minimum absolute atomic E-state index is 0.0549. The Morgan fingerprint density at radius 1 is 0.974 bits per heavy atom. The average Bonchev–Trinajstić information content (AvgIpc) is 2.83. The van der Waals surface area contributed by atoms with E-state index in [4.69, 9.17) is 0 Å². The lowest BCUT2D eigenvalue weighted by Crippen LogP contribution is -2.48. The lowest BCUT2D eigenvalue weighted by atomic mass is 9.93. The van der Waals surface area contributed by atoms with Gasteiger partial charge in [0.2, 0.25) is 0 Å². The summed E-state index contributed by atoms with van der Waals surface area (Å²) in [4.78, 5) is 41.1. The van der Waals surface area contributed by atoms with Crippen LogP contribution in [0.4, 0.5) is 19.3 Å². The van der Waals surface area contributed by atoms with E-state index in [1.54, 1.807) is 6.07 Å². The largest absolute Gasteiger partial charge is 0.347 e. The Kier molecular flexibility index (Phi) is 8.30. The molecule has 2 aromatic carbocycles. The number of carbonyl (C=O) groups excluding carboxylic acids is 3. The quantitative estimate of drug-likeness (QED) is 0.527. The fourth-order valence-corrected chi connectivity index (χ4v) is 4.46. The number of hydrogen-bond donors (Lipinski definition) is 3. The molecule has 1 aliphatic carbocycles. The molecule has 4 amide bonds. The predicted octanol–water partition coefficient (Wildman–Crippen LogP) is 4.13. The molecule has 2 fully saturated rings. The summed E-state index contributed by atoms with van der Waals surface area (Å²) in [6, 6.07) is 8.59. The van der Waals surface area contributed by atoms with Gasteiger partial charge in [-0.25, -0.2) is 13.6 Å². The second kappa shape index (κ2) is 11.5. The standard InChI is InChI=1S/C28H35F2N5O3/c1-28(2,3)33-25(36)19-7-4-6-18(14-19)17-34-10-12-35(13-11-34)26(37)21-15-23(30)24(16-22(21)29)32-27(38)31-20-8-5-9-20/h4,6-7,14-16,20H,5,8-13,17H2,1-3H3,(H,33,36)(H2,31,32,38). The number of anilines is 1. The molecule has 0 unspecified atom stereocenters. The van der Waals surface area contributed by atoms with Gasteiger partial charge in [-0.1, -0.05) is 12.1 Å². The van der Waals surface area contributed by atoms with Crippen molar-refractivity contribution in [3.63, 3.8) is 0 Å². The first-order chi connectivity index (χ1) is 18.0. The molecule has 0 atom stereocenters. The van der Waals surface area contributed by atoms with Crippen LogP contribution in [-0.2, 0) is 6.54 Å². The van der Waals surface area contributed by atoms with E-state index in [9.17, 15) is 23.2 Å². The summed E-state index contributed by atoms with van der Waals surface area (Å²) in [6.07, 6.45) is 2.76. The summed E-state index contributed by atoms with van der Waals surface area (Å²) in [5.41, 5.74) is 0.558. The Morgan fingerprint density at radius 2 is 1.68 bits per heavy atom. The molecule has 38 heavy (non-hydrogen) atoms. The molecular weight excluding hydrogens is 492 g/mol. The Labute approximate surface area is 221 Å². The van der Waals surface area contributed by atoms with E-state index in [1.165, 1.54) is 4.90 Å². The van der Waals surface area contributed by atoms with Crippen LogP contribution in [0.3, 0.4) is 0 Å². The summed E-state index contributed by atoms with van der Waals surface area (Å²) in [6.45, 7) is 8.20. The highest BCUT2D eigenvalue weighted by atomic mass is 19.1. The number of nitrogens with zero attached hydrogens (tertiary/aromatic N) is 2. The average molecular weight is 528 g/mol. The lowest BCUT2D eigenvalue weighted by molar-refractivity contribution is 0.0623. The van der Waals surface area contributed by atoms with E-state index in [2.05, 4.69) is 20.9 Å². The normalized spacial score (nSPS) is 16.5. The monoisotopic (exact) mass is 527 g/mol. The van der Waals surface area contributed by atoms with Crippen LogP contribution in [0, 0.1) is 11.6 Å². The van der Waals surface area contributed by atoms with Crippen LogP contribution in [0.2, 0.25) is 0 Å². The molecule has 204 valence electrons. The molecule has 2 aromatic rings. The molecule has 1 heterocycles. The number of amides is 4. The molecule has 0 aromatic heterocycles. The number of carbonyl (C=O) groups is 3. The first-order valence-electron chi connectivity index (χ1n) is 13.0. The maximum absolute atomic E-state index is 14.8. The third-order valence-corrected chi connectivity index (χ3v) is 6.72. The zero-order valence-corrected chi connectivity index (χ0v) is 22.1. The first kappa shape index (κ1) is 27.5. The predicted molar refractivity (Wildman–Crippen MR) is 141 cm³/mol. The van der Waals surface area contributed by atoms with Gasteiger partial charge in [0.05, 0.1) is 11.3 Å². The Bertz CT molecular complexity index is 1200. The summed E-state index contributed by atoms with van der Waals surface area (Å²) in [5.74, 6) is -2.48. The van der Waals surface area contributed by atoms with Gasteiger partial charge in [-0.05, 0) is 63.8 Å². The van der Waals surface area contributed by atoms with Crippen LogP contribution in [0.1, 0.15) is 66.3 Å². The highest BCUT2D eigenvalue weighted by molar-refractivity contribution is 5.96. The number of halogens is 2. The highest BCUT2D eigenvalue weighted by Crippen LogP contribution is 2.23. The van der Waals surface area contributed by atoms with Crippen LogP contribution >= 0.6 is 0 Å². The zero-order valence-electron chi connectivity index (χ0n) is 22.1. The Morgan fingerprint density at radius 3 is 2.32 bits per heavy atom. The van der Waals surface area contributed by atoms with Crippen LogP contribution in [0.25, 0.3) is 0 Å². The smallest absolute Gasteiger partial charge is 0.319 e. The topological polar surface area (TPSA) is 93.8 Å². The van der Waals surface area contributed by atoms with Gasteiger partial charge in [0, 0.05) is 55.9 Å². The zero-order chi connectivity index (χ0) is 27.4. The van der Waals surface area contributed by atoms with Crippen molar-refractivity contribution in [1.29, 1.82) is 0 Å². The Hall–Kier alpha value is -3.53. The van der Waals surface area contributed by atoms with Crippen LogP contribution < -0.4 is 16.0 Å². The minimum Gasteiger partial charge on any atom is -0.347 e. The molecule has 1 saturated carbocycles. The van der Waals surface area contributed by atoms with Gasteiger partial charge in [0.1, 0.15) is 11.6 Å². The van der Waals surface area contributed by atoms with Crippen molar-refractivity contribution in [2.24, 2.45) is 0 Å². The van der Waals surface area contributed by atoms with Crippen molar-refractivity contribution in [3.05, 3.63) is 64.7 Å². The van der Waals surface area contributed by atoms with Crippen molar-refractivity contribution in [2.75, 3.05) is 31.5 Å². The molecule has 1 saturated heterocycles. The lowest BCUT2D eigenvalue weighted by Gasteiger charge is -2.35. The van der Waals surface area contributed by atoms with Gasteiger partial charge in [0.15, 0.2) is 0 Å². The number of urea groups is 1. The molecule has 4 rings (SSSR count). The first-order valence-corrected chi connectivity index (χ1v) is 13.0. The summed E-state index contributed by atoms with van der Waals surface area (Å²) in [5, 5.41) is 7.98. The second-order valence-corrected chi connectivity index (χ2v) is 11.0. The fraction of sp³-hybridized carbons (Fsp3) is 0.464. The second-order valence-electron chi connectivity index (χ2n) is 11.0. The van der Waals surface area contributed by atoms with E-state index in [0.29, 0.717) is 38.3 Å². The number of benzene rings is 2. The maximum Gasteiger partial charge on any atom is 0.319 e. The number of piperazine rings is 1. The van der Waals surface area contributed by atoms with Gasteiger partial charge < -0.3 is 20.9 Å². The van der Waals surface area contributed by atoms with Crippen molar-refractivity contribution < 1.29 is 23.2 Å². The molecule has 0 bridgehead atoms. The SMILES string of the molecule is CC(C)(C)NC(=O)c1cccc(CN2CCN(C(=O)c3cc(F)c(NC(=O)NC4CCC4)cc3F)CC2)c1. The van der Waals surface area contributed by atoms with Gasteiger partial charge in [-0.3, -0.25) is 14.5 Å². The van der Waals surface area contributed by atoms with Gasteiger partial charge in [-0.15, -0.1) is 0 Å². The van der Waals surface area contributed by atoms with E-state index in [0.717, 1.165) is 37.0 Å². The minimum atomic E-state index is -0.886. The van der Waals surface area contributed by atoms with Gasteiger partial charge in [0.25, 0.3) is 11.8 Å². The molecule has 8 nitrogen and oxygen atoms in total. The van der Waals surface area contributed by atoms with Crippen molar-refractivity contribution in [2.45, 2.75) is 58.2 Å². The third-order valence-electron chi connectivity index (χ3n) is 6.72. The molecule has 0 spiro atoms. The summed E-state index contributed by atoms with van der Waals surface area (Å²) < 4.78 is 29.4. The fourth-order valence-electron chi connectivity index (χ4n) is 4.46. The van der Waals surface area contributed by atoms with Crippen molar-refractivity contribution in [3.8, 4) is 0 Å². The molecule has 1 aliphatic heterocycles. The van der Waals surface area contributed by atoms with E-state index in [1.807, 2.05) is 39.0 Å². The van der Waals surface area contributed by atoms with Crippen molar-refractivity contribution in [1.82, 2.24) is 20.4 Å². The van der Waals surface area contributed by atoms with E-state index < -0.39 is 23.6 Å². The number of hydrogen-bond acceptors (Lipinski definition) is 4. The molecular formula is C28H35F2N5O3. The summed E-state index contributed by atoms with van der Waals surface area (Å²) in [7, 11) is 0. The molecule has 2 aliphatic rings. The van der Waals surface area contributed by atoms with Crippen LogP contribution in [0.5, 0.6) is 0 Å². The number of nitrogens with one attached hydrogen (secondary N) is 3. The van der Waals surface area contributed by atoms with Crippen LogP contribution in [-0.4, -0.2) is 65.4 Å². The molecule has 10 heteroatoms. The summed E-state index contributed by atoms with van der Waals surface area (Å²) >= 11 is 0. The molecule has 3 N–H and O–H groups in total. The van der Waals surface area contributed by atoms with Gasteiger partial charge in [-0.2, -0.15) is 0 Å². The third kappa shape index (κ3) is 7.06.